The molecule has 1 aromatic rings. The summed E-state index contributed by atoms with van der Waals surface area (Å²) >= 11 is 0. The Bertz CT molecular complexity index is 361. The van der Waals surface area contributed by atoms with Gasteiger partial charge in [-0.25, -0.2) is 0 Å². The van der Waals surface area contributed by atoms with Crippen molar-refractivity contribution >= 4 is 0 Å². The van der Waals surface area contributed by atoms with Crippen LogP contribution in [0.15, 0.2) is 24.3 Å². The van der Waals surface area contributed by atoms with Gasteiger partial charge in [0.05, 0.1) is 17.2 Å². The van der Waals surface area contributed by atoms with Crippen molar-refractivity contribution < 1.29 is 5.11 Å². The fourth-order valence-corrected chi connectivity index (χ4v) is 1.33. The van der Waals surface area contributed by atoms with Crippen LogP contribution < -0.4 is 0 Å². The van der Waals surface area contributed by atoms with Gasteiger partial charge in [0.25, 0.3) is 0 Å². The molecule has 0 heterocycles. The summed E-state index contributed by atoms with van der Waals surface area (Å²) in [5.41, 5.74) is 0.315. The zero-order chi connectivity index (χ0) is 10.8. The summed E-state index contributed by atoms with van der Waals surface area (Å²) in [6.07, 6.45) is 0. The third-order valence-electron chi connectivity index (χ3n) is 2.72. The lowest BCUT2D eigenvalue weighted by Crippen LogP contribution is -2.28. The molecule has 1 rings (SSSR count). The van der Waals surface area contributed by atoms with Crippen LogP contribution in [0.2, 0.25) is 0 Å². The first kappa shape index (κ1) is 10.7. The normalized spacial score (nSPS) is 14.9. The van der Waals surface area contributed by atoms with Crippen LogP contribution in [0.4, 0.5) is 0 Å². The molecule has 0 bridgehead atoms. The molecule has 0 aromatic heterocycles. The van der Waals surface area contributed by atoms with E-state index in [2.05, 4.69) is 6.07 Å². The first-order chi connectivity index (χ1) is 6.50. The van der Waals surface area contributed by atoms with Crippen molar-refractivity contribution in [2.45, 2.75) is 26.4 Å². The van der Waals surface area contributed by atoms with E-state index >= 15 is 0 Å². The van der Waals surface area contributed by atoms with E-state index < -0.39 is 5.60 Å². The zero-order valence-corrected chi connectivity index (χ0v) is 8.78. The van der Waals surface area contributed by atoms with Crippen molar-refractivity contribution in [3.05, 3.63) is 35.4 Å². The van der Waals surface area contributed by atoms with Crippen molar-refractivity contribution in [2.75, 3.05) is 0 Å². The molecule has 2 heteroatoms. The van der Waals surface area contributed by atoms with Crippen LogP contribution in [0.25, 0.3) is 0 Å². The van der Waals surface area contributed by atoms with Gasteiger partial charge in [-0.2, -0.15) is 5.26 Å². The van der Waals surface area contributed by atoms with E-state index in [1.54, 1.807) is 25.1 Å². The molecule has 0 fully saturated rings. The van der Waals surface area contributed by atoms with Gasteiger partial charge in [-0.05, 0) is 18.9 Å². The Morgan fingerprint density at radius 1 is 1.36 bits per heavy atom. The van der Waals surface area contributed by atoms with Gasteiger partial charge in [0.15, 0.2) is 0 Å². The summed E-state index contributed by atoms with van der Waals surface area (Å²) in [7, 11) is 0. The highest BCUT2D eigenvalue weighted by molar-refractivity contribution is 5.40. The summed E-state index contributed by atoms with van der Waals surface area (Å²) in [4.78, 5) is 0. The van der Waals surface area contributed by atoms with Crippen LogP contribution >= 0.6 is 0 Å². The molecular weight excluding hydrogens is 174 g/mol. The third-order valence-corrected chi connectivity index (χ3v) is 2.72. The smallest absolute Gasteiger partial charge is 0.0995 e. The molecule has 1 unspecified atom stereocenters. The monoisotopic (exact) mass is 189 g/mol. The second kappa shape index (κ2) is 3.81. The van der Waals surface area contributed by atoms with Gasteiger partial charge in [0, 0.05) is 5.56 Å². The summed E-state index contributed by atoms with van der Waals surface area (Å²) in [5, 5.41) is 19.1. The van der Waals surface area contributed by atoms with Gasteiger partial charge in [-0.3, -0.25) is 0 Å². The summed E-state index contributed by atoms with van der Waals surface area (Å²) in [6.45, 7) is 5.62. The number of rotatable bonds is 2. The lowest BCUT2D eigenvalue weighted by Gasteiger charge is -2.28. The van der Waals surface area contributed by atoms with Gasteiger partial charge >= 0.3 is 0 Å². The highest BCUT2D eigenvalue weighted by Crippen LogP contribution is 2.30. The van der Waals surface area contributed by atoms with Gasteiger partial charge < -0.3 is 5.11 Å². The second-order valence-electron chi connectivity index (χ2n) is 3.96. The standard InChI is InChI=1S/C12H15NO/c1-9(2)12(3,14)11-7-5-4-6-10(11)8-13/h4-7,9,14H,1-3H3. The molecule has 0 aliphatic carbocycles. The minimum Gasteiger partial charge on any atom is -0.385 e. The molecular formula is C12H15NO. The first-order valence-corrected chi connectivity index (χ1v) is 4.72. The molecule has 0 saturated heterocycles. The number of nitriles is 1. The second-order valence-corrected chi connectivity index (χ2v) is 3.96. The maximum atomic E-state index is 10.2. The Kier molecular flexibility index (Phi) is 2.93. The molecule has 0 radical (unpaired) electrons. The predicted molar refractivity (Wildman–Crippen MR) is 55.6 cm³/mol. The number of nitrogens with zero attached hydrogens (tertiary/aromatic N) is 1. The highest BCUT2D eigenvalue weighted by atomic mass is 16.3. The van der Waals surface area contributed by atoms with E-state index in [0.717, 1.165) is 0 Å². The minimum absolute atomic E-state index is 0.0806. The zero-order valence-electron chi connectivity index (χ0n) is 8.78. The molecule has 0 aliphatic heterocycles. The van der Waals surface area contributed by atoms with Crippen molar-refractivity contribution in [3.63, 3.8) is 0 Å². The Labute approximate surface area is 84.8 Å². The molecule has 74 valence electrons. The Morgan fingerprint density at radius 2 is 1.93 bits per heavy atom. The maximum absolute atomic E-state index is 10.2. The quantitative estimate of drug-likeness (QED) is 0.776. The number of benzene rings is 1. The Morgan fingerprint density at radius 3 is 2.43 bits per heavy atom. The fourth-order valence-electron chi connectivity index (χ4n) is 1.33. The summed E-state index contributed by atoms with van der Waals surface area (Å²) in [5.74, 6) is 0.0806. The van der Waals surface area contributed by atoms with E-state index in [1.807, 2.05) is 19.9 Å². The van der Waals surface area contributed by atoms with E-state index in [9.17, 15) is 5.11 Å². The number of hydrogen-bond acceptors (Lipinski definition) is 2. The van der Waals surface area contributed by atoms with Crippen LogP contribution in [0.1, 0.15) is 31.9 Å². The Hall–Kier alpha value is -1.33. The van der Waals surface area contributed by atoms with E-state index in [0.29, 0.717) is 11.1 Å². The lowest BCUT2D eigenvalue weighted by molar-refractivity contribution is 0.00880. The van der Waals surface area contributed by atoms with Gasteiger partial charge in [-0.15, -0.1) is 0 Å². The number of aliphatic hydroxyl groups is 1. The highest BCUT2D eigenvalue weighted by Gasteiger charge is 2.29. The average Bonchev–Trinajstić information content (AvgIpc) is 2.17. The van der Waals surface area contributed by atoms with Crippen molar-refractivity contribution in [1.82, 2.24) is 0 Å². The molecule has 1 N–H and O–H groups in total. The molecule has 1 atom stereocenters. The molecule has 0 spiro atoms. The van der Waals surface area contributed by atoms with Crippen LogP contribution in [0, 0.1) is 17.2 Å². The van der Waals surface area contributed by atoms with E-state index in [1.165, 1.54) is 0 Å². The molecule has 14 heavy (non-hydrogen) atoms. The van der Waals surface area contributed by atoms with E-state index in [-0.39, 0.29) is 5.92 Å². The fraction of sp³-hybridized carbons (Fsp3) is 0.417. The Balaban J connectivity index is 3.26. The van der Waals surface area contributed by atoms with Gasteiger partial charge in [0.1, 0.15) is 0 Å². The molecule has 0 amide bonds. The van der Waals surface area contributed by atoms with Crippen LogP contribution in [0.5, 0.6) is 0 Å². The lowest BCUT2D eigenvalue weighted by atomic mass is 9.83. The van der Waals surface area contributed by atoms with Crippen LogP contribution in [-0.2, 0) is 5.60 Å². The largest absolute Gasteiger partial charge is 0.385 e. The van der Waals surface area contributed by atoms with Crippen molar-refractivity contribution in [1.29, 1.82) is 5.26 Å². The van der Waals surface area contributed by atoms with Crippen molar-refractivity contribution in [3.8, 4) is 6.07 Å². The molecule has 0 saturated carbocycles. The van der Waals surface area contributed by atoms with Gasteiger partial charge in [-0.1, -0.05) is 32.0 Å². The van der Waals surface area contributed by atoms with Crippen molar-refractivity contribution in [2.24, 2.45) is 5.92 Å². The summed E-state index contributed by atoms with van der Waals surface area (Å²) < 4.78 is 0. The summed E-state index contributed by atoms with van der Waals surface area (Å²) in [6, 6.07) is 9.27. The predicted octanol–water partition coefficient (Wildman–Crippen LogP) is 2.42. The van der Waals surface area contributed by atoms with Crippen LogP contribution in [0.3, 0.4) is 0 Å². The molecule has 2 nitrogen and oxygen atoms in total. The third kappa shape index (κ3) is 1.78. The average molecular weight is 189 g/mol. The number of hydrogen-bond donors (Lipinski definition) is 1. The molecule has 0 aliphatic rings. The maximum Gasteiger partial charge on any atom is 0.0995 e. The SMILES string of the molecule is CC(C)C(C)(O)c1ccccc1C#N. The minimum atomic E-state index is -0.938. The van der Waals surface area contributed by atoms with E-state index in [4.69, 9.17) is 5.26 Å². The van der Waals surface area contributed by atoms with Crippen LogP contribution in [-0.4, -0.2) is 5.11 Å². The van der Waals surface area contributed by atoms with Gasteiger partial charge in [0.2, 0.25) is 0 Å². The topological polar surface area (TPSA) is 44.0 Å². The molecule has 1 aromatic carbocycles. The first-order valence-electron chi connectivity index (χ1n) is 4.72.